The summed E-state index contributed by atoms with van der Waals surface area (Å²) >= 11 is 0. The Morgan fingerprint density at radius 2 is 2.00 bits per heavy atom. The van der Waals surface area contributed by atoms with Crippen LogP contribution < -0.4 is 10.1 Å². The molecule has 1 aromatic rings. The van der Waals surface area contributed by atoms with Crippen LogP contribution in [-0.2, 0) is 0 Å². The van der Waals surface area contributed by atoms with Crippen molar-refractivity contribution in [3.8, 4) is 18.1 Å². The predicted molar refractivity (Wildman–Crippen MR) is 70.6 cm³/mol. The number of halogens is 3. The summed E-state index contributed by atoms with van der Waals surface area (Å²) in [5.41, 5.74) is -2.44. The number of terminal acetylenes is 1. The number of alkyl halides is 3. The molecule has 0 saturated heterocycles. The number of aliphatic hydroxyl groups is 1. The third-order valence-corrected chi connectivity index (χ3v) is 2.88. The highest BCUT2D eigenvalue weighted by Gasteiger charge is 2.52. The summed E-state index contributed by atoms with van der Waals surface area (Å²) in [6.07, 6.45) is -0.0884. The van der Waals surface area contributed by atoms with Gasteiger partial charge in [0.05, 0.1) is 12.2 Å². The minimum Gasteiger partial charge on any atom is -0.479 e. The van der Waals surface area contributed by atoms with Crippen LogP contribution in [0.4, 0.5) is 18.9 Å². The van der Waals surface area contributed by atoms with Crippen molar-refractivity contribution < 1.29 is 23.0 Å². The normalized spacial score (nSPS) is 14.2. The zero-order valence-corrected chi connectivity index (χ0v) is 11.0. The van der Waals surface area contributed by atoms with E-state index in [0.717, 1.165) is 0 Å². The van der Waals surface area contributed by atoms with Crippen molar-refractivity contribution in [2.75, 3.05) is 18.5 Å². The summed E-state index contributed by atoms with van der Waals surface area (Å²) in [6, 6.07) is 6.45. The van der Waals surface area contributed by atoms with Crippen LogP contribution in [0.2, 0.25) is 0 Å². The Morgan fingerprint density at radius 1 is 1.35 bits per heavy atom. The smallest absolute Gasteiger partial charge is 0.418 e. The van der Waals surface area contributed by atoms with Crippen molar-refractivity contribution in [1.29, 1.82) is 0 Å². The zero-order valence-electron chi connectivity index (χ0n) is 11.0. The number of benzene rings is 1. The fourth-order valence-electron chi connectivity index (χ4n) is 1.53. The third-order valence-electron chi connectivity index (χ3n) is 2.88. The molecule has 0 aliphatic heterocycles. The number of rotatable bonds is 6. The Kier molecular flexibility index (Phi) is 5.28. The van der Waals surface area contributed by atoms with Gasteiger partial charge in [0.15, 0.2) is 5.60 Å². The lowest BCUT2D eigenvalue weighted by molar-refractivity contribution is -0.255. The van der Waals surface area contributed by atoms with Crippen LogP contribution >= 0.6 is 0 Å². The lowest BCUT2D eigenvalue weighted by Gasteiger charge is -2.30. The molecule has 20 heavy (non-hydrogen) atoms. The predicted octanol–water partition coefficient (Wildman–Crippen LogP) is 2.81. The average Bonchev–Trinajstić information content (AvgIpc) is 2.42. The lowest BCUT2D eigenvalue weighted by Crippen LogP contribution is -2.50. The quantitative estimate of drug-likeness (QED) is 0.791. The molecule has 0 aliphatic rings. The highest BCUT2D eigenvalue weighted by molar-refractivity contribution is 5.56. The number of nitrogens with one attached hydrogen (secondary N) is 1. The van der Waals surface area contributed by atoms with E-state index in [1.807, 2.05) is 0 Å². The summed E-state index contributed by atoms with van der Waals surface area (Å²) in [5, 5.41) is 12.2. The molecule has 110 valence electrons. The Morgan fingerprint density at radius 3 is 2.55 bits per heavy atom. The van der Waals surface area contributed by atoms with E-state index in [1.165, 1.54) is 6.92 Å². The maximum atomic E-state index is 12.8. The number of hydrogen-bond donors (Lipinski definition) is 2. The van der Waals surface area contributed by atoms with E-state index in [0.29, 0.717) is 11.4 Å². The molecule has 1 unspecified atom stereocenters. The van der Waals surface area contributed by atoms with Crippen molar-refractivity contribution in [2.24, 2.45) is 0 Å². The highest BCUT2D eigenvalue weighted by Crippen LogP contribution is 2.34. The first-order chi connectivity index (χ1) is 9.34. The molecule has 0 amide bonds. The molecule has 0 bridgehead atoms. The topological polar surface area (TPSA) is 41.5 Å². The van der Waals surface area contributed by atoms with E-state index in [9.17, 15) is 18.3 Å². The molecular formula is C14H16F3NO2. The minimum atomic E-state index is -4.70. The minimum absolute atomic E-state index is 0.00993. The van der Waals surface area contributed by atoms with Crippen LogP contribution in [0.1, 0.15) is 13.3 Å². The van der Waals surface area contributed by atoms with Gasteiger partial charge < -0.3 is 15.2 Å². The molecule has 1 atom stereocenters. The molecule has 3 nitrogen and oxygen atoms in total. The molecule has 2 N–H and O–H groups in total. The van der Waals surface area contributed by atoms with Crippen LogP contribution in [0.15, 0.2) is 24.3 Å². The molecule has 0 saturated carbocycles. The summed E-state index contributed by atoms with van der Waals surface area (Å²) in [5.74, 6) is 2.61. The third kappa shape index (κ3) is 3.81. The lowest BCUT2D eigenvalue weighted by atomic mass is 10.00. The van der Waals surface area contributed by atoms with Crippen LogP contribution in [0.25, 0.3) is 0 Å². The van der Waals surface area contributed by atoms with Gasteiger partial charge in [0, 0.05) is 0 Å². The maximum Gasteiger partial charge on any atom is 0.418 e. The first kappa shape index (κ1) is 16.2. The fraction of sp³-hybridized carbons (Fsp3) is 0.429. The first-order valence-electron chi connectivity index (χ1n) is 6.02. The van der Waals surface area contributed by atoms with Crippen molar-refractivity contribution in [3.05, 3.63) is 24.3 Å². The van der Waals surface area contributed by atoms with E-state index in [1.54, 1.807) is 24.3 Å². The van der Waals surface area contributed by atoms with Gasteiger partial charge in [0.1, 0.15) is 12.4 Å². The molecule has 0 fully saturated rings. The second kappa shape index (κ2) is 6.53. The van der Waals surface area contributed by atoms with Gasteiger partial charge >= 0.3 is 6.18 Å². The molecule has 0 aromatic heterocycles. The second-order valence-electron chi connectivity index (χ2n) is 4.23. The standard InChI is InChI=1S/C14H16F3NO2/c1-3-9-20-12-8-6-5-7-11(12)18-10-13(19,4-2)14(15,16)17/h1,5-8,18-19H,4,9-10H2,2H3. The number of hydrogen-bond acceptors (Lipinski definition) is 3. The van der Waals surface area contributed by atoms with Gasteiger partial charge in [-0.15, -0.1) is 6.42 Å². The van der Waals surface area contributed by atoms with Crippen LogP contribution in [0.3, 0.4) is 0 Å². The van der Waals surface area contributed by atoms with E-state index in [4.69, 9.17) is 11.2 Å². The monoisotopic (exact) mass is 287 g/mol. The van der Waals surface area contributed by atoms with Crippen molar-refractivity contribution in [3.63, 3.8) is 0 Å². The summed E-state index contributed by atoms with van der Waals surface area (Å²) in [6.45, 7) is 0.620. The van der Waals surface area contributed by atoms with E-state index >= 15 is 0 Å². The Labute approximate surface area is 115 Å². The molecule has 0 aliphatic carbocycles. The van der Waals surface area contributed by atoms with Crippen LogP contribution in [-0.4, -0.2) is 30.0 Å². The first-order valence-corrected chi connectivity index (χ1v) is 6.02. The van der Waals surface area contributed by atoms with Gasteiger partial charge in [-0.2, -0.15) is 13.2 Å². The second-order valence-corrected chi connectivity index (χ2v) is 4.23. The van der Waals surface area contributed by atoms with Crippen LogP contribution in [0.5, 0.6) is 5.75 Å². The molecule has 0 radical (unpaired) electrons. The average molecular weight is 287 g/mol. The number of ether oxygens (including phenoxy) is 1. The van der Waals surface area contributed by atoms with Gasteiger partial charge in [-0.1, -0.05) is 25.0 Å². The van der Waals surface area contributed by atoms with E-state index < -0.39 is 24.7 Å². The van der Waals surface area contributed by atoms with Crippen molar-refractivity contribution in [2.45, 2.75) is 25.1 Å². The van der Waals surface area contributed by atoms with Gasteiger partial charge in [-0.05, 0) is 18.6 Å². The maximum absolute atomic E-state index is 12.8. The van der Waals surface area contributed by atoms with Gasteiger partial charge in [-0.25, -0.2) is 0 Å². The Hall–Kier alpha value is -1.87. The summed E-state index contributed by atoms with van der Waals surface area (Å²) in [7, 11) is 0. The van der Waals surface area contributed by atoms with Crippen molar-refractivity contribution in [1.82, 2.24) is 0 Å². The van der Waals surface area contributed by atoms with E-state index in [2.05, 4.69) is 11.2 Å². The Balaban J connectivity index is 2.82. The Bertz CT molecular complexity index is 482. The molecule has 6 heteroatoms. The highest BCUT2D eigenvalue weighted by atomic mass is 19.4. The molecule has 0 heterocycles. The number of para-hydroxylation sites is 2. The summed E-state index contributed by atoms with van der Waals surface area (Å²) < 4.78 is 43.5. The van der Waals surface area contributed by atoms with Gasteiger partial charge in [0.25, 0.3) is 0 Å². The largest absolute Gasteiger partial charge is 0.479 e. The molecule has 0 spiro atoms. The fourth-order valence-corrected chi connectivity index (χ4v) is 1.53. The van der Waals surface area contributed by atoms with Crippen molar-refractivity contribution >= 4 is 5.69 Å². The van der Waals surface area contributed by atoms with Crippen LogP contribution in [0, 0.1) is 12.3 Å². The molecular weight excluding hydrogens is 271 g/mol. The molecule has 1 rings (SSSR count). The van der Waals surface area contributed by atoms with Gasteiger partial charge in [0.2, 0.25) is 0 Å². The van der Waals surface area contributed by atoms with E-state index in [-0.39, 0.29) is 6.61 Å². The SMILES string of the molecule is C#CCOc1ccccc1NCC(O)(CC)C(F)(F)F. The molecule has 1 aromatic carbocycles. The number of anilines is 1. The summed E-state index contributed by atoms with van der Waals surface area (Å²) in [4.78, 5) is 0. The van der Waals surface area contributed by atoms with Gasteiger partial charge in [-0.3, -0.25) is 0 Å². The zero-order chi connectivity index (χ0) is 15.2.